The highest BCUT2D eigenvalue weighted by Gasteiger charge is 2.17. The minimum absolute atomic E-state index is 0.102. The highest BCUT2D eigenvalue weighted by atomic mass is 32.2. The van der Waals surface area contributed by atoms with Crippen molar-refractivity contribution in [1.29, 1.82) is 0 Å². The fourth-order valence-electron chi connectivity index (χ4n) is 3.49. The van der Waals surface area contributed by atoms with Crippen molar-refractivity contribution in [3.8, 4) is 0 Å². The summed E-state index contributed by atoms with van der Waals surface area (Å²) in [5.41, 5.74) is 8.87. The molecule has 0 radical (unpaired) electrons. The first-order valence-electron chi connectivity index (χ1n) is 10.3. The van der Waals surface area contributed by atoms with Gasteiger partial charge >= 0.3 is 0 Å². The van der Waals surface area contributed by atoms with Crippen molar-refractivity contribution in [2.75, 3.05) is 26.2 Å². The van der Waals surface area contributed by atoms with Gasteiger partial charge in [0, 0.05) is 17.1 Å². The van der Waals surface area contributed by atoms with Crippen LogP contribution in [-0.4, -0.2) is 37.0 Å². The molecule has 0 aliphatic carbocycles. The Morgan fingerprint density at radius 2 is 1.93 bits per heavy atom. The Hall–Kier alpha value is -1.72. The van der Waals surface area contributed by atoms with Crippen molar-refractivity contribution in [3.63, 3.8) is 0 Å². The second kappa shape index (κ2) is 11.3. The Morgan fingerprint density at radius 1 is 1.25 bits per heavy atom. The van der Waals surface area contributed by atoms with Gasteiger partial charge in [-0.1, -0.05) is 56.5 Å². The van der Waals surface area contributed by atoms with Gasteiger partial charge in [-0.05, 0) is 69.3 Å². The van der Waals surface area contributed by atoms with Crippen molar-refractivity contribution >= 4 is 22.6 Å². The molecule has 0 spiro atoms. The van der Waals surface area contributed by atoms with Crippen molar-refractivity contribution in [3.05, 3.63) is 52.6 Å². The van der Waals surface area contributed by atoms with Gasteiger partial charge in [0.15, 0.2) is 0 Å². The zero-order valence-corrected chi connectivity index (χ0v) is 18.4. The van der Waals surface area contributed by atoms with Gasteiger partial charge in [-0.3, -0.25) is 4.79 Å². The van der Waals surface area contributed by atoms with E-state index in [9.17, 15) is 4.79 Å². The van der Waals surface area contributed by atoms with Crippen LogP contribution >= 0.6 is 11.8 Å². The van der Waals surface area contributed by atoms with Gasteiger partial charge in [0.05, 0.1) is 4.91 Å². The van der Waals surface area contributed by atoms with Gasteiger partial charge < -0.3 is 16.0 Å². The molecule has 3 N–H and O–H groups in total. The maximum Gasteiger partial charge on any atom is 0.259 e. The van der Waals surface area contributed by atoms with E-state index in [-0.39, 0.29) is 5.91 Å². The van der Waals surface area contributed by atoms with Gasteiger partial charge in [-0.25, -0.2) is 0 Å². The van der Waals surface area contributed by atoms with Crippen molar-refractivity contribution in [1.82, 2.24) is 10.2 Å². The molecule has 0 saturated carbocycles. The first-order valence-corrected chi connectivity index (χ1v) is 11.1. The van der Waals surface area contributed by atoms with Gasteiger partial charge in [0.25, 0.3) is 5.91 Å². The SMILES string of the molecule is C=C(S/C(C(=O)NCCCCN1CCCC1)=C(/C)N)c1ccccc1C(C)C. The van der Waals surface area contributed by atoms with Crippen molar-refractivity contribution in [2.45, 2.75) is 52.4 Å². The minimum atomic E-state index is -0.102. The van der Waals surface area contributed by atoms with Crippen molar-refractivity contribution < 1.29 is 4.79 Å². The molecule has 1 aromatic carbocycles. The van der Waals surface area contributed by atoms with Gasteiger partial charge in [0.2, 0.25) is 0 Å². The van der Waals surface area contributed by atoms with Crippen LogP contribution in [0.3, 0.4) is 0 Å². The normalized spacial score (nSPS) is 15.6. The largest absolute Gasteiger partial charge is 0.401 e. The molecule has 1 saturated heterocycles. The number of rotatable bonds is 10. The topological polar surface area (TPSA) is 58.4 Å². The third-order valence-electron chi connectivity index (χ3n) is 5.06. The van der Waals surface area contributed by atoms with E-state index >= 15 is 0 Å². The van der Waals surface area contributed by atoms with Crippen LogP contribution in [0.2, 0.25) is 0 Å². The van der Waals surface area contributed by atoms with E-state index in [4.69, 9.17) is 5.73 Å². The molecule has 0 unspecified atom stereocenters. The lowest BCUT2D eigenvalue weighted by Gasteiger charge is -2.17. The van der Waals surface area contributed by atoms with E-state index in [0.717, 1.165) is 29.9 Å². The van der Waals surface area contributed by atoms with Crippen LogP contribution in [0.4, 0.5) is 0 Å². The average Bonchev–Trinajstić information content (AvgIpc) is 3.18. The highest BCUT2D eigenvalue weighted by molar-refractivity contribution is 8.12. The summed E-state index contributed by atoms with van der Waals surface area (Å²) in [6.45, 7) is 14.6. The molecular weight excluding hydrogens is 366 g/mol. The number of carbonyl (C=O) groups excluding carboxylic acids is 1. The third kappa shape index (κ3) is 6.71. The molecule has 28 heavy (non-hydrogen) atoms. The van der Waals surface area contributed by atoms with Gasteiger partial charge in [0.1, 0.15) is 0 Å². The highest BCUT2D eigenvalue weighted by Crippen LogP contribution is 2.36. The van der Waals surface area contributed by atoms with Crippen molar-refractivity contribution in [2.24, 2.45) is 5.73 Å². The van der Waals surface area contributed by atoms with E-state index in [1.165, 1.54) is 43.3 Å². The Bertz CT molecular complexity index is 702. The molecule has 1 aromatic rings. The molecule has 154 valence electrons. The number of amides is 1. The first-order chi connectivity index (χ1) is 13.4. The quantitative estimate of drug-likeness (QED) is 0.441. The number of nitrogens with zero attached hydrogens (tertiary/aromatic N) is 1. The van der Waals surface area contributed by atoms with Crippen LogP contribution in [0.1, 0.15) is 63.5 Å². The fraction of sp³-hybridized carbons (Fsp3) is 0.522. The molecule has 0 bridgehead atoms. The predicted molar refractivity (Wildman–Crippen MR) is 122 cm³/mol. The predicted octanol–water partition coefficient (Wildman–Crippen LogP) is 4.70. The number of nitrogens with one attached hydrogen (secondary N) is 1. The Labute approximate surface area is 174 Å². The van der Waals surface area contributed by atoms with Crippen LogP contribution in [0, 0.1) is 0 Å². The molecule has 1 fully saturated rings. The minimum Gasteiger partial charge on any atom is -0.401 e. The number of unbranched alkanes of at least 4 members (excludes halogenated alkanes) is 1. The molecular formula is C23H35N3OS. The molecule has 1 aliphatic rings. The number of likely N-dealkylation sites (tertiary alicyclic amines) is 1. The summed E-state index contributed by atoms with van der Waals surface area (Å²) < 4.78 is 0. The lowest BCUT2D eigenvalue weighted by Crippen LogP contribution is -2.27. The molecule has 1 heterocycles. The number of carbonyl (C=O) groups is 1. The second-order valence-corrected chi connectivity index (χ2v) is 8.90. The summed E-state index contributed by atoms with van der Waals surface area (Å²) in [4.78, 5) is 16.6. The van der Waals surface area contributed by atoms with Gasteiger partial charge in [-0.15, -0.1) is 0 Å². The van der Waals surface area contributed by atoms with Crippen LogP contribution in [0.15, 0.2) is 41.4 Å². The van der Waals surface area contributed by atoms with E-state index < -0.39 is 0 Å². The maximum absolute atomic E-state index is 12.7. The number of hydrogen-bond donors (Lipinski definition) is 2. The third-order valence-corrected chi connectivity index (χ3v) is 6.24. The zero-order chi connectivity index (χ0) is 20.5. The summed E-state index contributed by atoms with van der Waals surface area (Å²) in [7, 11) is 0. The lowest BCUT2D eigenvalue weighted by atomic mass is 9.97. The summed E-state index contributed by atoms with van der Waals surface area (Å²) in [6.07, 6.45) is 4.74. The number of allylic oxidation sites excluding steroid dienone is 1. The molecule has 4 nitrogen and oxygen atoms in total. The first kappa shape index (κ1) is 22.6. The lowest BCUT2D eigenvalue weighted by molar-refractivity contribution is -0.116. The van der Waals surface area contributed by atoms with Crippen LogP contribution in [0.25, 0.3) is 4.91 Å². The van der Waals surface area contributed by atoms with Crippen LogP contribution in [0.5, 0.6) is 0 Å². The smallest absolute Gasteiger partial charge is 0.259 e. The summed E-state index contributed by atoms with van der Waals surface area (Å²) in [6, 6.07) is 8.22. The Kier molecular flexibility index (Phi) is 9.13. The van der Waals surface area contributed by atoms with Gasteiger partial charge in [-0.2, -0.15) is 0 Å². The molecule has 2 rings (SSSR count). The molecule has 0 aromatic heterocycles. The summed E-state index contributed by atoms with van der Waals surface area (Å²) in [5.74, 6) is 0.290. The van der Waals surface area contributed by atoms with E-state index in [1.54, 1.807) is 6.92 Å². The Morgan fingerprint density at radius 3 is 2.57 bits per heavy atom. The van der Waals surface area contributed by atoms with Crippen LogP contribution < -0.4 is 11.1 Å². The maximum atomic E-state index is 12.7. The van der Waals surface area contributed by atoms with E-state index in [1.807, 2.05) is 12.1 Å². The number of benzene rings is 1. The monoisotopic (exact) mass is 401 g/mol. The number of hydrogen-bond acceptors (Lipinski definition) is 4. The second-order valence-electron chi connectivity index (χ2n) is 7.79. The van der Waals surface area contributed by atoms with E-state index in [2.05, 4.69) is 42.8 Å². The average molecular weight is 402 g/mol. The number of thioether (sulfide) groups is 1. The molecule has 1 amide bonds. The number of nitrogens with two attached hydrogens (primary N) is 1. The van der Waals surface area contributed by atoms with Crippen LogP contribution in [-0.2, 0) is 4.79 Å². The zero-order valence-electron chi connectivity index (χ0n) is 17.6. The summed E-state index contributed by atoms with van der Waals surface area (Å²) in [5, 5.41) is 3.03. The molecule has 5 heteroatoms. The molecule has 1 aliphatic heterocycles. The summed E-state index contributed by atoms with van der Waals surface area (Å²) >= 11 is 1.37. The van der Waals surface area contributed by atoms with E-state index in [0.29, 0.717) is 23.1 Å². The molecule has 0 atom stereocenters. The Balaban J connectivity index is 1.87. The standard InChI is InChI=1S/C23H35N3OS/c1-17(2)20-11-5-6-12-21(20)19(4)28-22(18(3)24)23(27)25-13-7-8-14-26-15-9-10-16-26/h5-6,11-12,17H,4,7-10,13-16,24H2,1-3H3,(H,25,27)/b22-18-. The fourth-order valence-corrected chi connectivity index (χ4v) is 4.36.